The van der Waals surface area contributed by atoms with Gasteiger partial charge in [0.15, 0.2) is 0 Å². The molecule has 0 radical (unpaired) electrons. The summed E-state index contributed by atoms with van der Waals surface area (Å²) in [6.45, 7) is 0.0977. The van der Waals surface area contributed by atoms with E-state index >= 15 is 0 Å². The van der Waals surface area contributed by atoms with Gasteiger partial charge in [-0.15, -0.1) is 0 Å². The first-order valence-electron chi connectivity index (χ1n) is 30.2. The fraction of sp³-hybridized carbons (Fsp3) is 0.0250. The minimum Gasteiger partial charge on any atom is -0.311 e. The summed E-state index contributed by atoms with van der Waals surface area (Å²) in [6, 6.07) is 114. The van der Waals surface area contributed by atoms with Crippen LogP contribution in [0.25, 0.3) is 22.3 Å². The number of rotatable bonds is 6. The molecular weight excluding hydrogens is 1040 g/mol. The van der Waals surface area contributed by atoms with Crippen LogP contribution in [0.3, 0.4) is 0 Å². The first kappa shape index (κ1) is 47.7. The minimum absolute atomic E-state index is 0.0302. The Labute approximate surface area is 501 Å². The molecule has 0 atom stereocenters. The molecule has 0 saturated heterocycles. The maximum Gasteiger partial charge on any atom is 0.252 e. The Morgan fingerprint density at radius 2 is 0.453 bits per heavy atom. The highest BCUT2D eigenvalue weighted by atomic mass is 15.2. The molecule has 4 aliphatic heterocycles. The lowest BCUT2D eigenvalue weighted by Crippen LogP contribution is -2.61. The van der Waals surface area contributed by atoms with Crippen LogP contribution >= 0.6 is 0 Å². The summed E-state index contributed by atoms with van der Waals surface area (Å²) < 4.78 is 0. The number of para-hydroxylation sites is 8. The van der Waals surface area contributed by atoms with Gasteiger partial charge in [0.1, 0.15) is 0 Å². The minimum atomic E-state index is 0.0302. The smallest absolute Gasteiger partial charge is 0.252 e. The molecule has 3 aliphatic carbocycles. The van der Waals surface area contributed by atoms with Crippen molar-refractivity contribution in [2.24, 2.45) is 0 Å². The average Bonchev–Trinajstić information content (AvgIpc) is 0.869. The lowest BCUT2D eigenvalue weighted by molar-refractivity contribution is 0.755. The second kappa shape index (κ2) is 18.3. The molecule has 0 fully saturated rings. The van der Waals surface area contributed by atoms with E-state index < -0.39 is 0 Å². The van der Waals surface area contributed by atoms with Crippen molar-refractivity contribution in [3.05, 3.63) is 337 Å². The number of fused-ring (bicyclic) bond motifs is 8. The number of nitrogens with zero attached hydrogens (tertiary/aromatic N) is 4. The summed E-state index contributed by atoms with van der Waals surface area (Å²) in [6.07, 6.45) is 0. The van der Waals surface area contributed by atoms with Crippen LogP contribution in [-0.2, 0) is 0 Å². The van der Waals surface area contributed by atoms with Gasteiger partial charge in [-0.3, -0.25) is 0 Å². The third kappa shape index (κ3) is 6.72. The number of benzene rings is 13. The van der Waals surface area contributed by atoms with Crippen molar-refractivity contribution in [2.45, 2.75) is 11.8 Å². The first-order chi connectivity index (χ1) is 42.7. The largest absolute Gasteiger partial charge is 0.311 e. The van der Waals surface area contributed by atoms with Crippen LogP contribution in [0, 0.1) is 0 Å². The van der Waals surface area contributed by atoms with E-state index in [4.69, 9.17) is 0 Å². The molecule has 0 aromatic heterocycles. The Hall–Kier alpha value is -10.8. The monoisotopic (exact) mass is 1090 g/mol. The Morgan fingerprint density at radius 3 is 0.767 bits per heavy atom. The lowest BCUT2D eigenvalue weighted by Gasteiger charge is -2.44. The molecule has 2 bridgehead atoms. The van der Waals surface area contributed by atoms with E-state index in [-0.39, 0.29) is 25.3 Å². The van der Waals surface area contributed by atoms with E-state index in [1.54, 1.807) is 0 Å². The molecule has 7 aliphatic rings. The van der Waals surface area contributed by atoms with E-state index in [2.05, 4.69) is 323 Å². The van der Waals surface area contributed by atoms with Crippen LogP contribution in [-0.4, -0.2) is 13.4 Å². The van der Waals surface area contributed by atoms with Gasteiger partial charge in [0.25, 0.3) is 13.4 Å². The standard InChI is InChI=1S/C80H52B2N4/c1-5-23-55(24-6-1)83-69-37-19-15-33-65(69)81-66-34-16-20-38-70(66)84(56-25-7-2-8-26-56)74-48-53(47-73(83)79(74)81)51-41-43-61-63(45-51)78-60-32-14-13-31-59(60)77(61)62-44-42-52(46-64(62)78)54-49-75-80-76(50-54)86(58-29-11-4-12-30-58)72-40-22-18-36-68(72)82(80)67-35-17-21-39-71(67)85(75)57-27-9-3-10-28-57/h1-50,77-78H. The fourth-order valence-corrected chi connectivity index (χ4v) is 16.1. The van der Waals surface area contributed by atoms with Gasteiger partial charge in [-0.2, -0.15) is 0 Å². The second-order valence-corrected chi connectivity index (χ2v) is 23.8. The Balaban J connectivity index is 0.812. The van der Waals surface area contributed by atoms with E-state index in [9.17, 15) is 0 Å². The van der Waals surface area contributed by atoms with Gasteiger partial charge in [0, 0.05) is 80.1 Å². The van der Waals surface area contributed by atoms with Crippen LogP contribution in [0.5, 0.6) is 0 Å². The van der Waals surface area contributed by atoms with Crippen LogP contribution in [0.1, 0.15) is 45.2 Å². The molecule has 4 nitrogen and oxygen atoms in total. The summed E-state index contributed by atoms with van der Waals surface area (Å²) in [5.74, 6) is 0.132. The molecule has 0 amide bonds. The normalized spacial score (nSPS) is 15.5. The zero-order valence-electron chi connectivity index (χ0n) is 47.0. The molecule has 6 heteroatoms. The van der Waals surface area contributed by atoms with Crippen LogP contribution < -0.4 is 52.4 Å². The molecule has 13 aromatic carbocycles. The second-order valence-electron chi connectivity index (χ2n) is 23.8. The predicted molar refractivity (Wildman–Crippen MR) is 360 cm³/mol. The molecular formula is C80H52B2N4. The SMILES string of the molecule is c1ccc(N2c3ccccc3B3c4ccccc4N(c4ccccc4)c4cc(-c5ccc6c(c5)C5c7ccccc7C6c6ccc(-c7cc8c9c(c7)N(c7ccccc7)c7ccccc7B9c7ccccc7N8c7ccccc7)cc65)cc2c43)cc1. The molecule has 86 heavy (non-hydrogen) atoms. The third-order valence-corrected chi connectivity index (χ3v) is 19.5. The molecule has 0 unspecified atom stereocenters. The van der Waals surface area contributed by atoms with E-state index in [0.717, 1.165) is 22.7 Å². The van der Waals surface area contributed by atoms with E-state index in [1.807, 2.05) is 0 Å². The van der Waals surface area contributed by atoms with Crippen molar-refractivity contribution in [3.63, 3.8) is 0 Å². The Kier molecular flexibility index (Phi) is 10.2. The van der Waals surface area contributed by atoms with E-state index in [0.29, 0.717) is 0 Å². The fourth-order valence-electron chi connectivity index (χ4n) is 16.1. The van der Waals surface area contributed by atoms with Gasteiger partial charge in [-0.25, -0.2) is 0 Å². The summed E-state index contributed by atoms with van der Waals surface area (Å²) in [4.78, 5) is 10.1. The zero-order valence-corrected chi connectivity index (χ0v) is 47.0. The van der Waals surface area contributed by atoms with Gasteiger partial charge < -0.3 is 19.6 Å². The topological polar surface area (TPSA) is 13.0 Å². The highest BCUT2D eigenvalue weighted by Crippen LogP contribution is 2.58. The van der Waals surface area contributed by atoms with Gasteiger partial charge in [0.2, 0.25) is 0 Å². The van der Waals surface area contributed by atoms with Gasteiger partial charge >= 0.3 is 0 Å². The molecule has 0 spiro atoms. The van der Waals surface area contributed by atoms with Gasteiger partial charge in [0.05, 0.1) is 0 Å². The molecule has 13 aromatic rings. The highest BCUT2D eigenvalue weighted by Gasteiger charge is 2.47. The van der Waals surface area contributed by atoms with E-state index in [1.165, 1.54) is 134 Å². The lowest BCUT2D eigenvalue weighted by atomic mass is 9.33. The van der Waals surface area contributed by atoms with Crippen molar-refractivity contribution >= 4 is 114 Å². The summed E-state index contributed by atoms with van der Waals surface area (Å²) >= 11 is 0. The van der Waals surface area contributed by atoms with Crippen molar-refractivity contribution in [3.8, 4) is 22.3 Å². The summed E-state index contributed by atoms with van der Waals surface area (Å²) in [5, 5.41) is 0. The first-order valence-corrected chi connectivity index (χ1v) is 30.2. The number of hydrogen-bond donors (Lipinski definition) is 0. The summed E-state index contributed by atoms with van der Waals surface area (Å²) in [7, 11) is 0. The van der Waals surface area contributed by atoms with Crippen molar-refractivity contribution < 1.29 is 0 Å². The van der Waals surface area contributed by atoms with Crippen LogP contribution in [0.2, 0.25) is 0 Å². The van der Waals surface area contributed by atoms with Crippen molar-refractivity contribution in [1.29, 1.82) is 0 Å². The molecule has 398 valence electrons. The Bertz CT molecular complexity index is 4440. The van der Waals surface area contributed by atoms with Crippen LogP contribution in [0.15, 0.2) is 303 Å². The van der Waals surface area contributed by atoms with Crippen molar-refractivity contribution in [1.82, 2.24) is 0 Å². The maximum atomic E-state index is 2.56. The van der Waals surface area contributed by atoms with Gasteiger partial charge in [-0.05, 0) is 198 Å². The molecule has 4 heterocycles. The maximum absolute atomic E-state index is 2.56. The average molecular weight is 1090 g/mol. The predicted octanol–water partition coefficient (Wildman–Crippen LogP) is 16.2. The zero-order chi connectivity index (χ0) is 56.1. The number of anilines is 12. The highest BCUT2D eigenvalue weighted by molar-refractivity contribution is 7.01. The van der Waals surface area contributed by atoms with Gasteiger partial charge in [-0.1, -0.05) is 194 Å². The number of hydrogen-bond acceptors (Lipinski definition) is 4. The quantitative estimate of drug-likeness (QED) is 0.154. The Morgan fingerprint density at radius 1 is 0.198 bits per heavy atom. The third-order valence-electron chi connectivity index (χ3n) is 19.5. The van der Waals surface area contributed by atoms with Crippen LogP contribution in [0.4, 0.5) is 68.2 Å². The molecule has 0 N–H and O–H groups in total. The molecule has 20 rings (SSSR count). The molecule has 0 saturated carbocycles. The van der Waals surface area contributed by atoms with Crippen molar-refractivity contribution in [2.75, 3.05) is 19.6 Å². The summed E-state index contributed by atoms with van der Waals surface area (Å²) in [5.41, 5.74) is 35.4.